The van der Waals surface area contributed by atoms with Gasteiger partial charge in [0.05, 0.1) is 11.3 Å². The second-order valence-electron chi connectivity index (χ2n) is 5.71. The number of hydrogen-bond donors (Lipinski definition) is 2. The summed E-state index contributed by atoms with van der Waals surface area (Å²) in [6.45, 7) is 3.57. The van der Waals surface area contributed by atoms with Gasteiger partial charge in [0, 0.05) is 36.2 Å². The summed E-state index contributed by atoms with van der Waals surface area (Å²) in [6, 6.07) is 3.40. The van der Waals surface area contributed by atoms with E-state index in [0.29, 0.717) is 17.0 Å². The van der Waals surface area contributed by atoms with Gasteiger partial charge in [0.25, 0.3) is 5.56 Å². The van der Waals surface area contributed by atoms with Gasteiger partial charge in [0.2, 0.25) is 5.91 Å². The van der Waals surface area contributed by atoms with Gasteiger partial charge in [-0.3, -0.25) is 9.59 Å². The lowest BCUT2D eigenvalue weighted by atomic mass is 10.0. The van der Waals surface area contributed by atoms with E-state index in [0.717, 1.165) is 4.88 Å². The topological polar surface area (TPSA) is 80.6 Å². The molecule has 0 atom stereocenters. The Labute approximate surface area is 156 Å². The number of aromatic nitrogens is 1. The van der Waals surface area contributed by atoms with Crippen LogP contribution in [0, 0.1) is 6.92 Å². The predicted octanol–water partition coefficient (Wildman–Crippen LogP) is 3.16. The zero-order valence-electron chi connectivity index (χ0n) is 15.2. The highest BCUT2D eigenvalue weighted by Gasteiger charge is 2.13. The van der Waals surface area contributed by atoms with Crippen LogP contribution in [0.5, 0.6) is 5.75 Å². The maximum atomic E-state index is 12.5. The third-order valence-corrected chi connectivity index (χ3v) is 4.75. The summed E-state index contributed by atoms with van der Waals surface area (Å²) in [7, 11) is 3.14. The molecule has 26 heavy (non-hydrogen) atoms. The molecule has 0 spiro atoms. The maximum absolute atomic E-state index is 12.5. The number of allylic oxidation sites excluding steroid dienone is 3. The van der Waals surface area contributed by atoms with E-state index in [-0.39, 0.29) is 29.4 Å². The second kappa shape index (κ2) is 8.64. The summed E-state index contributed by atoms with van der Waals surface area (Å²) in [5.41, 5.74) is 2.01. The summed E-state index contributed by atoms with van der Waals surface area (Å²) in [4.78, 5) is 24.9. The first-order valence-corrected chi connectivity index (χ1v) is 8.87. The first kappa shape index (κ1) is 19.7. The van der Waals surface area contributed by atoms with Crippen molar-refractivity contribution in [3.63, 3.8) is 0 Å². The van der Waals surface area contributed by atoms with E-state index in [2.05, 4.69) is 5.32 Å². The van der Waals surface area contributed by atoms with E-state index in [1.807, 2.05) is 24.4 Å². The summed E-state index contributed by atoms with van der Waals surface area (Å²) in [5.74, 6) is -0.259. The molecule has 2 aromatic rings. The van der Waals surface area contributed by atoms with Crippen molar-refractivity contribution in [1.29, 1.82) is 0 Å². The van der Waals surface area contributed by atoms with Crippen molar-refractivity contribution in [2.75, 3.05) is 19.0 Å². The van der Waals surface area contributed by atoms with Crippen LogP contribution in [0.25, 0.3) is 11.6 Å². The Morgan fingerprint density at radius 2 is 2.15 bits per heavy atom. The molecule has 2 rings (SSSR count). The molecule has 0 aliphatic rings. The lowest BCUT2D eigenvalue weighted by molar-refractivity contribution is -0.119. The third kappa shape index (κ3) is 4.50. The third-order valence-electron chi connectivity index (χ3n) is 3.86. The standard InChI is InChI=1S/C19H22N2O4S/c1-5-13(18-16(22)8-12(2)21(3)19(18)24)6-7-15-9-14(11-26-15)20-17(23)10-25-4/h5-9,11,22H,10H2,1-4H3,(H,20,23)/b7-6+,13-5+. The van der Waals surface area contributed by atoms with Gasteiger partial charge < -0.3 is 19.7 Å². The van der Waals surface area contributed by atoms with Gasteiger partial charge in [-0.1, -0.05) is 12.2 Å². The quantitative estimate of drug-likeness (QED) is 0.761. The summed E-state index contributed by atoms with van der Waals surface area (Å²) in [5, 5.41) is 14.8. The van der Waals surface area contributed by atoms with Gasteiger partial charge in [-0.05, 0) is 31.6 Å². The zero-order valence-corrected chi connectivity index (χ0v) is 16.0. The van der Waals surface area contributed by atoms with Gasteiger partial charge in [0.1, 0.15) is 12.4 Å². The van der Waals surface area contributed by atoms with Gasteiger partial charge in [-0.2, -0.15) is 0 Å². The van der Waals surface area contributed by atoms with Gasteiger partial charge in [-0.25, -0.2) is 0 Å². The number of nitrogens with zero attached hydrogens (tertiary/aromatic N) is 1. The van der Waals surface area contributed by atoms with E-state index < -0.39 is 0 Å². The summed E-state index contributed by atoms with van der Waals surface area (Å²) in [6.07, 6.45) is 5.39. The fourth-order valence-electron chi connectivity index (χ4n) is 2.41. The lowest BCUT2D eigenvalue weighted by Gasteiger charge is -2.10. The van der Waals surface area contributed by atoms with Crippen LogP contribution in [-0.4, -0.2) is 29.3 Å². The van der Waals surface area contributed by atoms with Gasteiger partial charge in [0.15, 0.2) is 0 Å². The first-order chi connectivity index (χ1) is 12.4. The molecule has 0 saturated carbocycles. The van der Waals surface area contributed by atoms with Gasteiger partial charge >= 0.3 is 0 Å². The van der Waals surface area contributed by atoms with E-state index >= 15 is 0 Å². The molecule has 2 N–H and O–H groups in total. The molecule has 0 unspecified atom stereocenters. The number of aromatic hydroxyl groups is 1. The first-order valence-electron chi connectivity index (χ1n) is 7.99. The van der Waals surface area contributed by atoms with E-state index in [1.165, 1.54) is 23.0 Å². The maximum Gasteiger partial charge on any atom is 0.262 e. The van der Waals surface area contributed by atoms with Crippen molar-refractivity contribution in [2.45, 2.75) is 13.8 Å². The van der Waals surface area contributed by atoms with Gasteiger partial charge in [-0.15, -0.1) is 11.3 Å². The molecule has 138 valence electrons. The number of thiophene rings is 1. The molecular formula is C19H22N2O4S. The van der Waals surface area contributed by atoms with Crippen molar-refractivity contribution < 1.29 is 14.6 Å². The van der Waals surface area contributed by atoms with Crippen LogP contribution >= 0.6 is 11.3 Å². The number of anilines is 1. The van der Waals surface area contributed by atoms with E-state index in [4.69, 9.17) is 4.74 Å². The van der Waals surface area contributed by atoms with Crippen LogP contribution < -0.4 is 10.9 Å². The molecule has 0 aliphatic heterocycles. The van der Waals surface area contributed by atoms with Crippen molar-refractivity contribution >= 4 is 34.6 Å². The molecule has 1 amide bonds. The number of aryl methyl sites for hydroxylation is 1. The smallest absolute Gasteiger partial charge is 0.262 e. The number of hydrogen-bond acceptors (Lipinski definition) is 5. The van der Waals surface area contributed by atoms with Crippen molar-refractivity contribution in [3.05, 3.63) is 56.2 Å². The molecular weight excluding hydrogens is 352 g/mol. The second-order valence-corrected chi connectivity index (χ2v) is 6.65. The zero-order chi connectivity index (χ0) is 19.3. The highest BCUT2D eigenvalue weighted by Crippen LogP contribution is 2.26. The van der Waals surface area contributed by atoms with Crippen LogP contribution in [0.15, 0.2) is 34.5 Å². The number of rotatable bonds is 6. The van der Waals surface area contributed by atoms with Crippen LogP contribution in [0.1, 0.15) is 23.1 Å². The van der Waals surface area contributed by atoms with Crippen LogP contribution in [0.2, 0.25) is 0 Å². The number of methoxy groups -OCH3 is 1. The number of carbonyl (C=O) groups is 1. The molecule has 6 nitrogen and oxygen atoms in total. The highest BCUT2D eigenvalue weighted by atomic mass is 32.1. The van der Waals surface area contributed by atoms with Crippen LogP contribution in [-0.2, 0) is 16.6 Å². The Morgan fingerprint density at radius 3 is 2.81 bits per heavy atom. The monoisotopic (exact) mass is 374 g/mol. The minimum atomic E-state index is -0.251. The minimum Gasteiger partial charge on any atom is -0.507 e. The van der Waals surface area contributed by atoms with Crippen LogP contribution in [0.4, 0.5) is 5.69 Å². The Hall–Kier alpha value is -2.64. The van der Waals surface area contributed by atoms with E-state index in [9.17, 15) is 14.7 Å². The number of amides is 1. The Kier molecular flexibility index (Phi) is 6.54. The van der Waals surface area contributed by atoms with Crippen molar-refractivity contribution in [2.24, 2.45) is 7.05 Å². The SMILES string of the molecule is C/C=C(\C=C\c1cc(NC(=O)COC)cs1)c1c(O)cc(C)n(C)c1=O. The lowest BCUT2D eigenvalue weighted by Crippen LogP contribution is -2.22. The number of nitrogens with one attached hydrogen (secondary N) is 1. The highest BCUT2D eigenvalue weighted by molar-refractivity contribution is 7.11. The number of ether oxygens (including phenoxy) is 1. The molecule has 0 saturated heterocycles. The minimum absolute atomic E-state index is 0.000263. The van der Waals surface area contributed by atoms with Crippen molar-refractivity contribution in [1.82, 2.24) is 4.57 Å². The Morgan fingerprint density at radius 1 is 1.42 bits per heavy atom. The fraction of sp³-hybridized carbons (Fsp3) is 0.263. The molecule has 2 aromatic heterocycles. The largest absolute Gasteiger partial charge is 0.507 e. The molecule has 0 fully saturated rings. The van der Waals surface area contributed by atoms with E-state index in [1.54, 1.807) is 32.2 Å². The molecule has 2 heterocycles. The fourth-order valence-corrected chi connectivity index (χ4v) is 3.14. The van der Waals surface area contributed by atoms with Crippen LogP contribution in [0.3, 0.4) is 0 Å². The average Bonchev–Trinajstić information content (AvgIpc) is 3.03. The average molecular weight is 374 g/mol. The summed E-state index contributed by atoms with van der Waals surface area (Å²) < 4.78 is 6.28. The number of carbonyl (C=O) groups excluding carboxylic acids is 1. The predicted molar refractivity (Wildman–Crippen MR) is 106 cm³/mol. The molecule has 0 bridgehead atoms. The summed E-state index contributed by atoms with van der Waals surface area (Å²) >= 11 is 1.46. The molecule has 7 heteroatoms. The Bertz CT molecular complexity index is 922. The number of pyridine rings is 1. The molecule has 0 radical (unpaired) electrons. The normalized spacial score (nSPS) is 11.9. The molecule has 0 aliphatic carbocycles. The molecule has 0 aromatic carbocycles. The van der Waals surface area contributed by atoms with Crippen molar-refractivity contribution in [3.8, 4) is 5.75 Å². The Balaban J connectivity index is 2.25.